The van der Waals surface area contributed by atoms with Gasteiger partial charge in [-0.25, -0.2) is 4.79 Å². The molecule has 0 aromatic heterocycles. The maximum Gasteiger partial charge on any atom is 0.326 e. The number of amides is 3. The summed E-state index contributed by atoms with van der Waals surface area (Å²) in [5.74, 6) is -4.08. The van der Waals surface area contributed by atoms with Gasteiger partial charge < -0.3 is 37.0 Å². The molecule has 0 aliphatic heterocycles. The summed E-state index contributed by atoms with van der Waals surface area (Å²) in [6.45, 7) is 3.13. The smallest absolute Gasteiger partial charge is 0.326 e. The first-order chi connectivity index (χ1) is 11.5. The van der Waals surface area contributed by atoms with E-state index in [9.17, 15) is 24.3 Å². The average molecular weight is 362 g/mol. The molecule has 0 heterocycles. The van der Waals surface area contributed by atoms with Gasteiger partial charge in [0.1, 0.15) is 24.2 Å². The van der Waals surface area contributed by atoms with E-state index in [1.165, 1.54) is 6.92 Å². The molecule has 0 aromatic rings. The third kappa shape index (κ3) is 7.45. The second-order valence-electron chi connectivity index (χ2n) is 5.83. The van der Waals surface area contributed by atoms with Gasteiger partial charge in [-0.15, -0.1) is 0 Å². The van der Waals surface area contributed by atoms with Crippen LogP contribution in [-0.2, 0) is 19.2 Å². The molecule has 0 saturated carbocycles. The van der Waals surface area contributed by atoms with Gasteiger partial charge in [-0.05, 0) is 12.8 Å². The molecule has 0 fully saturated rings. The molecule has 0 radical (unpaired) electrons. The van der Waals surface area contributed by atoms with Crippen LogP contribution in [0.15, 0.2) is 0 Å². The number of nitrogens with two attached hydrogens (primary N) is 1. The van der Waals surface area contributed by atoms with Crippen molar-refractivity contribution in [2.75, 3.05) is 13.2 Å². The number of rotatable bonds is 10. The van der Waals surface area contributed by atoms with E-state index in [1.807, 2.05) is 0 Å². The fourth-order valence-corrected chi connectivity index (χ4v) is 1.73. The molecular formula is C14H26N4O7. The van der Waals surface area contributed by atoms with Gasteiger partial charge in [-0.3, -0.25) is 14.4 Å². The zero-order valence-corrected chi connectivity index (χ0v) is 14.4. The fourth-order valence-electron chi connectivity index (χ4n) is 1.73. The standard InChI is InChI=1S/C14H26N4O7/c1-6(2)10(14(24)25)18-13(23)9(5-20)17-11(21)7(3)16-12(22)8(15)4-19/h6-10,19-20H,4-5,15H2,1-3H3,(H,16,22)(H,17,21)(H,18,23)(H,24,25). The molecule has 0 spiro atoms. The van der Waals surface area contributed by atoms with Crippen molar-refractivity contribution in [2.24, 2.45) is 11.7 Å². The Labute approximate surface area is 145 Å². The van der Waals surface area contributed by atoms with E-state index in [-0.39, 0.29) is 0 Å². The number of carboxylic acids is 1. The second kappa shape index (κ2) is 10.6. The number of nitrogens with one attached hydrogen (secondary N) is 3. The third-order valence-electron chi connectivity index (χ3n) is 3.33. The van der Waals surface area contributed by atoms with Gasteiger partial charge in [0.15, 0.2) is 0 Å². The Bertz CT molecular complexity index is 498. The van der Waals surface area contributed by atoms with E-state index in [1.54, 1.807) is 13.8 Å². The van der Waals surface area contributed by atoms with Crippen molar-refractivity contribution in [1.29, 1.82) is 0 Å². The van der Waals surface area contributed by atoms with Crippen molar-refractivity contribution in [3.05, 3.63) is 0 Å². The zero-order valence-electron chi connectivity index (χ0n) is 14.4. The van der Waals surface area contributed by atoms with Crippen LogP contribution in [0.5, 0.6) is 0 Å². The minimum Gasteiger partial charge on any atom is -0.480 e. The zero-order chi connectivity index (χ0) is 19.7. The van der Waals surface area contributed by atoms with Crippen LogP contribution in [-0.4, -0.2) is 76.4 Å². The van der Waals surface area contributed by atoms with Gasteiger partial charge in [-0.1, -0.05) is 13.8 Å². The molecule has 0 aliphatic rings. The van der Waals surface area contributed by atoms with Crippen LogP contribution in [0.1, 0.15) is 20.8 Å². The Morgan fingerprint density at radius 1 is 0.880 bits per heavy atom. The van der Waals surface area contributed by atoms with Crippen molar-refractivity contribution in [3.63, 3.8) is 0 Å². The van der Waals surface area contributed by atoms with Crippen molar-refractivity contribution in [3.8, 4) is 0 Å². The number of aliphatic hydroxyl groups is 2. The van der Waals surface area contributed by atoms with Crippen LogP contribution in [0.4, 0.5) is 0 Å². The highest BCUT2D eigenvalue weighted by atomic mass is 16.4. The topological polar surface area (TPSA) is 191 Å². The summed E-state index contributed by atoms with van der Waals surface area (Å²) < 4.78 is 0. The molecule has 0 bridgehead atoms. The van der Waals surface area contributed by atoms with Crippen molar-refractivity contribution in [2.45, 2.75) is 44.9 Å². The number of aliphatic carboxylic acids is 1. The Kier molecular flexibility index (Phi) is 9.64. The number of carbonyl (C=O) groups is 4. The number of carboxylic acid groups (broad SMARTS) is 1. The lowest BCUT2D eigenvalue weighted by Gasteiger charge is -2.23. The first kappa shape index (κ1) is 22.8. The van der Waals surface area contributed by atoms with Gasteiger partial charge in [-0.2, -0.15) is 0 Å². The number of hydrogen-bond acceptors (Lipinski definition) is 7. The monoisotopic (exact) mass is 362 g/mol. The van der Waals surface area contributed by atoms with Gasteiger partial charge in [0.25, 0.3) is 0 Å². The van der Waals surface area contributed by atoms with Gasteiger partial charge in [0.05, 0.1) is 13.2 Å². The lowest BCUT2D eigenvalue weighted by atomic mass is 10.0. The Balaban J connectivity index is 4.80. The van der Waals surface area contributed by atoms with Gasteiger partial charge >= 0.3 is 5.97 Å². The average Bonchev–Trinajstić information content (AvgIpc) is 2.55. The predicted octanol–water partition coefficient (Wildman–Crippen LogP) is -3.49. The summed E-state index contributed by atoms with van der Waals surface area (Å²) in [6.07, 6.45) is 0. The Morgan fingerprint density at radius 2 is 1.44 bits per heavy atom. The maximum atomic E-state index is 12.0. The second-order valence-corrected chi connectivity index (χ2v) is 5.83. The maximum absolute atomic E-state index is 12.0. The molecule has 3 amide bonds. The molecule has 0 aromatic carbocycles. The van der Waals surface area contributed by atoms with Crippen molar-refractivity contribution < 1.29 is 34.5 Å². The van der Waals surface area contributed by atoms with E-state index in [2.05, 4.69) is 16.0 Å². The summed E-state index contributed by atoms with van der Waals surface area (Å²) in [4.78, 5) is 46.6. The molecule has 0 aliphatic carbocycles. The molecule has 4 atom stereocenters. The molecule has 8 N–H and O–H groups in total. The summed E-state index contributed by atoms with van der Waals surface area (Å²) in [5.41, 5.74) is 5.30. The molecule has 11 heteroatoms. The Hall–Kier alpha value is -2.24. The first-order valence-electron chi connectivity index (χ1n) is 7.66. The SMILES string of the molecule is CC(NC(=O)C(N)CO)C(=O)NC(CO)C(=O)NC(C(=O)O)C(C)C. The molecule has 0 saturated heterocycles. The van der Waals surface area contributed by atoms with Crippen molar-refractivity contribution in [1.82, 2.24) is 16.0 Å². The number of carbonyl (C=O) groups excluding carboxylic acids is 3. The lowest BCUT2D eigenvalue weighted by molar-refractivity contribution is -0.143. The van der Waals surface area contributed by atoms with E-state index in [0.29, 0.717) is 0 Å². The van der Waals surface area contributed by atoms with E-state index >= 15 is 0 Å². The highest BCUT2D eigenvalue weighted by Gasteiger charge is 2.29. The van der Waals surface area contributed by atoms with Crippen LogP contribution in [0.2, 0.25) is 0 Å². The summed E-state index contributed by atoms with van der Waals surface area (Å²) in [7, 11) is 0. The molecule has 144 valence electrons. The first-order valence-corrected chi connectivity index (χ1v) is 7.66. The van der Waals surface area contributed by atoms with Gasteiger partial charge in [0, 0.05) is 0 Å². The lowest BCUT2D eigenvalue weighted by Crippen LogP contribution is -2.58. The molecule has 25 heavy (non-hydrogen) atoms. The van der Waals surface area contributed by atoms with Crippen LogP contribution in [0.25, 0.3) is 0 Å². The number of hydrogen-bond donors (Lipinski definition) is 7. The minimum atomic E-state index is -1.39. The minimum absolute atomic E-state index is 0.408. The Morgan fingerprint density at radius 3 is 1.84 bits per heavy atom. The van der Waals surface area contributed by atoms with Crippen LogP contribution < -0.4 is 21.7 Å². The van der Waals surface area contributed by atoms with Crippen LogP contribution >= 0.6 is 0 Å². The molecule has 0 rings (SSSR count). The van der Waals surface area contributed by atoms with Gasteiger partial charge in [0.2, 0.25) is 17.7 Å². The quantitative estimate of drug-likeness (QED) is 0.208. The summed E-state index contributed by atoms with van der Waals surface area (Å²) >= 11 is 0. The van der Waals surface area contributed by atoms with Crippen LogP contribution in [0.3, 0.4) is 0 Å². The van der Waals surface area contributed by atoms with E-state index in [4.69, 9.17) is 15.9 Å². The summed E-state index contributed by atoms with van der Waals surface area (Å²) in [6, 6.07) is -4.86. The number of aliphatic hydroxyl groups excluding tert-OH is 2. The highest BCUT2D eigenvalue weighted by Crippen LogP contribution is 2.02. The molecule has 4 unspecified atom stereocenters. The normalized spacial score (nSPS) is 15.6. The van der Waals surface area contributed by atoms with E-state index in [0.717, 1.165) is 0 Å². The molecular weight excluding hydrogens is 336 g/mol. The largest absolute Gasteiger partial charge is 0.480 e. The third-order valence-corrected chi connectivity index (χ3v) is 3.33. The highest BCUT2D eigenvalue weighted by molar-refractivity contribution is 5.93. The molecule has 11 nitrogen and oxygen atoms in total. The van der Waals surface area contributed by atoms with Crippen molar-refractivity contribution >= 4 is 23.7 Å². The summed E-state index contributed by atoms with van der Waals surface area (Å²) in [5, 5.41) is 33.7. The van der Waals surface area contributed by atoms with Crippen LogP contribution in [0, 0.1) is 5.92 Å². The van der Waals surface area contributed by atoms with E-state index < -0.39 is 67.0 Å². The fraction of sp³-hybridized carbons (Fsp3) is 0.714. The predicted molar refractivity (Wildman–Crippen MR) is 86.1 cm³/mol.